The van der Waals surface area contributed by atoms with Crippen molar-refractivity contribution < 1.29 is 14.3 Å². The minimum absolute atomic E-state index is 0.247. The van der Waals surface area contributed by atoms with Crippen molar-refractivity contribution in [1.29, 1.82) is 0 Å². The largest absolute Gasteiger partial charge is 0.497 e. The van der Waals surface area contributed by atoms with Gasteiger partial charge in [-0.3, -0.25) is 0 Å². The standard InChI is InChI=1S/C20H21NO3S/c1-3-24-20(22)19-11-16-7-4-15(10-18(16)25-19)13-21-12-14-5-8-17(23-2)9-6-14/h4-11,21H,3,12-13H2,1-2H3. The van der Waals surface area contributed by atoms with Crippen LogP contribution >= 0.6 is 11.3 Å². The zero-order chi connectivity index (χ0) is 17.6. The quantitative estimate of drug-likeness (QED) is 0.639. The lowest BCUT2D eigenvalue weighted by molar-refractivity contribution is 0.0532. The summed E-state index contributed by atoms with van der Waals surface area (Å²) in [5.74, 6) is 0.618. The van der Waals surface area contributed by atoms with Crippen molar-refractivity contribution >= 4 is 27.4 Å². The molecule has 1 N–H and O–H groups in total. The van der Waals surface area contributed by atoms with Crippen molar-refractivity contribution in [3.8, 4) is 5.75 Å². The number of fused-ring (bicyclic) bond motifs is 1. The fraction of sp³-hybridized carbons (Fsp3) is 0.250. The first-order valence-electron chi connectivity index (χ1n) is 8.23. The average Bonchev–Trinajstić information content (AvgIpc) is 3.06. The molecule has 0 fully saturated rings. The summed E-state index contributed by atoms with van der Waals surface area (Å²) in [6.45, 7) is 3.78. The highest BCUT2D eigenvalue weighted by Gasteiger charge is 2.11. The van der Waals surface area contributed by atoms with E-state index >= 15 is 0 Å². The summed E-state index contributed by atoms with van der Waals surface area (Å²) in [6.07, 6.45) is 0. The third-order valence-corrected chi connectivity index (χ3v) is 4.96. The molecule has 0 amide bonds. The molecule has 0 radical (unpaired) electrons. The van der Waals surface area contributed by atoms with E-state index in [1.54, 1.807) is 7.11 Å². The van der Waals surface area contributed by atoms with Crippen LogP contribution < -0.4 is 10.1 Å². The molecule has 1 aromatic heterocycles. The van der Waals surface area contributed by atoms with Gasteiger partial charge in [0.2, 0.25) is 0 Å². The molecule has 130 valence electrons. The average molecular weight is 355 g/mol. The first-order chi connectivity index (χ1) is 12.2. The molecule has 0 saturated carbocycles. The second-order valence-electron chi connectivity index (χ2n) is 5.65. The summed E-state index contributed by atoms with van der Waals surface area (Å²) in [4.78, 5) is 12.5. The Morgan fingerprint density at radius 2 is 1.76 bits per heavy atom. The third kappa shape index (κ3) is 4.38. The van der Waals surface area contributed by atoms with Crippen LogP contribution in [0.4, 0.5) is 0 Å². The summed E-state index contributed by atoms with van der Waals surface area (Å²) in [5, 5.41) is 4.52. The Balaban J connectivity index is 1.62. The molecule has 0 aliphatic heterocycles. The van der Waals surface area contributed by atoms with Gasteiger partial charge < -0.3 is 14.8 Å². The van der Waals surface area contributed by atoms with Crippen LogP contribution in [0.5, 0.6) is 5.75 Å². The molecule has 0 unspecified atom stereocenters. The molecule has 1 heterocycles. The Labute approximate surface area is 151 Å². The van der Waals surface area contributed by atoms with Crippen LogP contribution in [0.15, 0.2) is 48.5 Å². The van der Waals surface area contributed by atoms with Crippen molar-refractivity contribution in [1.82, 2.24) is 5.32 Å². The smallest absolute Gasteiger partial charge is 0.348 e. The van der Waals surface area contributed by atoms with Crippen molar-refractivity contribution in [3.05, 3.63) is 64.5 Å². The molecule has 3 rings (SSSR count). The zero-order valence-corrected chi connectivity index (χ0v) is 15.2. The predicted octanol–water partition coefficient (Wildman–Crippen LogP) is 4.38. The molecule has 0 aliphatic carbocycles. The SMILES string of the molecule is CCOC(=O)c1cc2ccc(CNCc3ccc(OC)cc3)cc2s1. The number of nitrogens with one attached hydrogen (secondary N) is 1. The van der Waals surface area contributed by atoms with Crippen molar-refractivity contribution in [2.45, 2.75) is 20.0 Å². The number of rotatable bonds is 7. The number of thiophene rings is 1. The molecular weight excluding hydrogens is 334 g/mol. The zero-order valence-electron chi connectivity index (χ0n) is 14.4. The molecule has 2 aromatic carbocycles. The van der Waals surface area contributed by atoms with E-state index in [0.717, 1.165) is 28.9 Å². The fourth-order valence-electron chi connectivity index (χ4n) is 2.58. The Morgan fingerprint density at radius 1 is 1.04 bits per heavy atom. The highest BCUT2D eigenvalue weighted by molar-refractivity contribution is 7.20. The summed E-state index contributed by atoms with van der Waals surface area (Å²) < 4.78 is 11.3. The van der Waals surface area contributed by atoms with Gasteiger partial charge in [-0.05, 0) is 47.7 Å². The number of hydrogen-bond donors (Lipinski definition) is 1. The lowest BCUT2D eigenvalue weighted by Gasteiger charge is -2.06. The second-order valence-corrected chi connectivity index (χ2v) is 6.74. The minimum Gasteiger partial charge on any atom is -0.497 e. The van der Waals surface area contributed by atoms with Crippen molar-refractivity contribution in [2.75, 3.05) is 13.7 Å². The van der Waals surface area contributed by atoms with Gasteiger partial charge in [0.25, 0.3) is 0 Å². The molecule has 25 heavy (non-hydrogen) atoms. The first-order valence-corrected chi connectivity index (χ1v) is 9.04. The fourth-order valence-corrected chi connectivity index (χ4v) is 3.60. The summed E-state index contributed by atoms with van der Waals surface area (Å²) in [7, 11) is 1.67. The molecule has 0 spiro atoms. The van der Waals surface area contributed by atoms with Gasteiger partial charge in [-0.2, -0.15) is 0 Å². The van der Waals surface area contributed by atoms with Gasteiger partial charge in [-0.1, -0.05) is 24.3 Å². The third-order valence-electron chi connectivity index (χ3n) is 3.88. The van der Waals surface area contributed by atoms with Gasteiger partial charge in [0.1, 0.15) is 10.6 Å². The topological polar surface area (TPSA) is 47.6 Å². The highest BCUT2D eigenvalue weighted by atomic mass is 32.1. The van der Waals surface area contributed by atoms with E-state index in [2.05, 4.69) is 35.6 Å². The molecule has 5 heteroatoms. The van der Waals surface area contributed by atoms with Crippen LogP contribution in [0.1, 0.15) is 27.7 Å². The number of hydrogen-bond acceptors (Lipinski definition) is 5. The lowest BCUT2D eigenvalue weighted by Crippen LogP contribution is -2.12. The Hall–Kier alpha value is -2.37. The van der Waals surface area contributed by atoms with Gasteiger partial charge in [0.15, 0.2) is 0 Å². The Bertz CT molecular complexity index is 855. The number of esters is 1. The van der Waals surface area contributed by atoms with Gasteiger partial charge in [0, 0.05) is 17.8 Å². The number of ether oxygens (including phenoxy) is 2. The monoisotopic (exact) mass is 355 g/mol. The van der Waals surface area contributed by atoms with Crippen LogP contribution in [0.2, 0.25) is 0 Å². The van der Waals surface area contributed by atoms with Crippen LogP contribution in [-0.4, -0.2) is 19.7 Å². The molecule has 0 saturated heterocycles. The van der Waals surface area contributed by atoms with E-state index in [1.807, 2.05) is 25.1 Å². The lowest BCUT2D eigenvalue weighted by atomic mass is 10.1. The second kappa shape index (κ2) is 8.14. The molecule has 4 nitrogen and oxygen atoms in total. The normalized spacial score (nSPS) is 10.8. The minimum atomic E-state index is -0.247. The van der Waals surface area contributed by atoms with Crippen LogP contribution in [-0.2, 0) is 17.8 Å². The maximum absolute atomic E-state index is 11.8. The molecule has 3 aromatic rings. The Kier molecular flexibility index (Phi) is 5.68. The highest BCUT2D eigenvalue weighted by Crippen LogP contribution is 2.27. The number of methoxy groups -OCH3 is 1. The van der Waals surface area contributed by atoms with Gasteiger partial charge in [-0.25, -0.2) is 4.79 Å². The van der Waals surface area contributed by atoms with Crippen molar-refractivity contribution in [3.63, 3.8) is 0 Å². The van der Waals surface area contributed by atoms with Gasteiger partial charge in [-0.15, -0.1) is 11.3 Å². The Morgan fingerprint density at radius 3 is 2.48 bits per heavy atom. The molecule has 0 bridgehead atoms. The number of carbonyl (C=O) groups excluding carboxylic acids is 1. The van der Waals surface area contributed by atoms with E-state index in [1.165, 1.54) is 22.5 Å². The van der Waals surface area contributed by atoms with Crippen LogP contribution in [0.25, 0.3) is 10.1 Å². The number of benzene rings is 2. The number of carbonyl (C=O) groups is 1. The summed E-state index contributed by atoms with van der Waals surface area (Å²) in [5.41, 5.74) is 2.40. The summed E-state index contributed by atoms with van der Waals surface area (Å²) in [6, 6.07) is 16.2. The first kappa shape index (κ1) is 17.5. The van der Waals surface area contributed by atoms with Gasteiger partial charge in [0.05, 0.1) is 13.7 Å². The predicted molar refractivity (Wildman–Crippen MR) is 101 cm³/mol. The van der Waals surface area contributed by atoms with E-state index in [-0.39, 0.29) is 5.97 Å². The van der Waals surface area contributed by atoms with E-state index in [0.29, 0.717) is 11.5 Å². The van der Waals surface area contributed by atoms with Gasteiger partial charge >= 0.3 is 5.97 Å². The summed E-state index contributed by atoms with van der Waals surface area (Å²) >= 11 is 1.48. The van der Waals surface area contributed by atoms with E-state index in [9.17, 15) is 4.79 Å². The van der Waals surface area contributed by atoms with E-state index in [4.69, 9.17) is 9.47 Å². The maximum atomic E-state index is 11.8. The molecule has 0 atom stereocenters. The maximum Gasteiger partial charge on any atom is 0.348 e. The van der Waals surface area contributed by atoms with Crippen LogP contribution in [0.3, 0.4) is 0 Å². The molecule has 0 aliphatic rings. The van der Waals surface area contributed by atoms with E-state index < -0.39 is 0 Å². The van der Waals surface area contributed by atoms with Crippen molar-refractivity contribution in [2.24, 2.45) is 0 Å². The van der Waals surface area contributed by atoms with Crippen LogP contribution in [0, 0.1) is 0 Å². The molecular formula is C20H21NO3S.